The minimum Gasteiger partial charge on any atom is -0.305 e. The average molecular weight is 350 g/mol. The van der Waals surface area contributed by atoms with E-state index in [4.69, 9.17) is 0 Å². The van der Waals surface area contributed by atoms with E-state index < -0.39 is 48.5 Å². The topological polar surface area (TPSA) is 34.1 Å². The SMILES string of the molecule is CC(C(=O)CC(=O)[Si](C)(C)C(C)(C)C)(C(F)(F)F)C(F)(F)F. The highest BCUT2D eigenvalue weighted by atomic mass is 28.3. The van der Waals surface area contributed by atoms with Crippen LogP contribution in [0.5, 0.6) is 0 Å². The van der Waals surface area contributed by atoms with Crippen LogP contribution in [0.2, 0.25) is 18.1 Å². The Morgan fingerprint density at radius 3 is 1.36 bits per heavy atom. The maximum absolute atomic E-state index is 12.8. The van der Waals surface area contributed by atoms with Gasteiger partial charge < -0.3 is 4.79 Å². The second-order valence-corrected chi connectivity index (χ2v) is 12.3. The largest absolute Gasteiger partial charge is 0.409 e. The van der Waals surface area contributed by atoms with Crippen molar-refractivity contribution >= 4 is 19.3 Å². The van der Waals surface area contributed by atoms with E-state index >= 15 is 0 Å². The van der Waals surface area contributed by atoms with Gasteiger partial charge in [-0.05, 0) is 12.0 Å². The van der Waals surface area contributed by atoms with Crippen molar-refractivity contribution in [3.8, 4) is 0 Å². The van der Waals surface area contributed by atoms with Gasteiger partial charge >= 0.3 is 12.4 Å². The molecule has 0 aromatic rings. The van der Waals surface area contributed by atoms with Crippen molar-refractivity contribution < 1.29 is 35.9 Å². The second kappa shape index (κ2) is 5.65. The van der Waals surface area contributed by atoms with Crippen molar-refractivity contribution in [3.05, 3.63) is 0 Å². The van der Waals surface area contributed by atoms with E-state index in [9.17, 15) is 35.9 Å². The van der Waals surface area contributed by atoms with Gasteiger partial charge in [-0.1, -0.05) is 33.9 Å². The van der Waals surface area contributed by atoms with E-state index in [0.717, 1.165) is 0 Å². The zero-order valence-corrected chi connectivity index (χ0v) is 14.3. The van der Waals surface area contributed by atoms with Crippen LogP contribution in [0.4, 0.5) is 26.3 Å². The summed E-state index contributed by atoms with van der Waals surface area (Å²) in [6.07, 6.45) is -13.0. The summed E-state index contributed by atoms with van der Waals surface area (Å²) in [4.78, 5) is 23.8. The number of hydrogen-bond acceptors (Lipinski definition) is 2. The van der Waals surface area contributed by atoms with E-state index in [1.165, 1.54) is 13.1 Å². The van der Waals surface area contributed by atoms with Crippen molar-refractivity contribution in [1.29, 1.82) is 0 Å². The molecule has 9 heteroatoms. The van der Waals surface area contributed by atoms with Crippen LogP contribution in [0.1, 0.15) is 34.1 Å². The molecule has 0 fully saturated rings. The fraction of sp³-hybridized carbons (Fsp3) is 0.846. The number of hydrogen-bond donors (Lipinski definition) is 0. The summed E-state index contributed by atoms with van der Waals surface area (Å²) in [6.45, 7) is 7.87. The molecular formula is C13H20F6O2Si. The maximum atomic E-state index is 12.8. The third kappa shape index (κ3) is 3.55. The van der Waals surface area contributed by atoms with Gasteiger partial charge in [0, 0.05) is 0 Å². The van der Waals surface area contributed by atoms with Crippen LogP contribution < -0.4 is 0 Å². The normalized spacial score (nSPS) is 14.9. The highest BCUT2D eigenvalue weighted by Crippen LogP contribution is 2.51. The lowest BCUT2D eigenvalue weighted by molar-refractivity contribution is -0.318. The molecule has 0 saturated heterocycles. The summed E-state index contributed by atoms with van der Waals surface area (Å²) in [6, 6.07) is 0. The molecule has 0 heterocycles. The fourth-order valence-corrected chi connectivity index (χ4v) is 2.88. The Kier molecular flexibility index (Phi) is 5.43. The summed E-state index contributed by atoms with van der Waals surface area (Å²) in [5.41, 5.74) is -4.53. The highest BCUT2D eigenvalue weighted by molar-refractivity contribution is 7.06. The summed E-state index contributed by atoms with van der Waals surface area (Å²) in [5, 5.41) is -1.40. The Morgan fingerprint density at radius 2 is 1.14 bits per heavy atom. The first kappa shape index (κ1) is 21.1. The maximum Gasteiger partial charge on any atom is 0.409 e. The molecule has 2 nitrogen and oxygen atoms in total. The molecule has 0 aromatic carbocycles. The Labute approximate surface area is 126 Å². The third-order valence-corrected chi connectivity index (χ3v) is 9.91. The van der Waals surface area contributed by atoms with Crippen LogP contribution >= 0.6 is 0 Å². The molecule has 0 atom stereocenters. The minimum absolute atomic E-state index is 0.214. The van der Waals surface area contributed by atoms with Gasteiger partial charge in [0.25, 0.3) is 0 Å². The van der Waals surface area contributed by atoms with Crippen molar-refractivity contribution in [1.82, 2.24) is 0 Å². The van der Waals surface area contributed by atoms with Crippen molar-refractivity contribution in [2.24, 2.45) is 5.41 Å². The molecule has 0 aliphatic heterocycles. The summed E-state index contributed by atoms with van der Waals surface area (Å²) in [5.74, 6) is -2.15. The predicted molar refractivity (Wildman–Crippen MR) is 72.0 cm³/mol. The molecule has 22 heavy (non-hydrogen) atoms. The molecule has 0 aliphatic rings. The molecule has 0 amide bonds. The van der Waals surface area contributed by atoms with Gasteiger partial charge in [-0.2, -0.15) is 26.3 Å². The quantitative estimate of drug-likeness (QED) is 0.419. The molecule has 0 spiro atoms. The molecule has 0 aliphatic carbocycles. The van der Waals surface area contributed by atoms with Crippen LogP contribution in [-0.2, 0) is 9.59 Å². The van der Waals surface area contributed by atoms with Gasteiger partial charge in [-0.15, -0.1) is 0 Å². The van der Waals surface area contributed by atoms with Crippen LogP contribution in [0.15, 0.2) is 0 Å². The van der Waals surface area contributed by atoms with E-state index in [-0.39, 0.29) is 6.92 Å². The Bertz CT molecular complexity index is 443. The summed E-state index contributed by atoms with van der Waals surface area (Å²) in [7, 11) is -2.86. The average Bonchev–Trinajstić information content (AvgIpc) is 2.22. The first-order valence-electron chi connectivity index (χ1n) is 6.50. The standard InChI is InChI=1S/C13H20F6O2Si/c1-10(2,3)22(5,6)9(21)7-8(20)11(4,12(14,15)16)13(17,18)19/h7H2,1-6H3. The van der Waals surface area contributed by atoms with Crippen molar-refractivity contribution in [3.63, 3.8) is 0 Å². The molecule has 0 N–H and O–H groups in total. The third-order valence-electron chi connectivity index (χ3n) is 4.58. The molecule has 0 aromatic heterocycles. The van der Waals surface area contributed by atoms with E-state index in [2.05, 4.69) is 0 Å². The minimum atomic E-state index is -5.81. The first-order valence-corrected chi connectivity index (χ1v) is 9.50. The van der Waals surface area contributed by atoms with Crippen molar-refractivity contribution in [2.45, 2.75) is 64.6 Å². The van der Waals surface area contributed by atoms with E-state index in [1.54, 1.807) is 20.8 Å². The number of ketones is 1. The lowest BCUT2D eigenvalue weighted by Crippen LogP contribution is -2.55. The second-order valence-electron chi connectivity index (χ2n) is 7.02. The zero-order chi connectivity index (χ0) is 18.4. The van der Waals surface area contributed by atoms with Crippen LogP contribution in [0, 0.1) is 5.41 Å². The Balaban J connectivity index is 5.65. The molecule has 130 valence electrons. The van der Waals surface area contributed by atoms with E-state index in [1.807, 2.05) is 0 Å². The number of carbonyl (C=O) groups is 2. The van der Waals surface area contributed by atoms with Crippen molar-refractivity contribution in [2.75, 3.05) is 0 Å². The number of carbonyl (C=O) groups excluding carboxylic acids is 2. The lowest BCUT2D eigenvalue weighted by atomic mass is 9.82. The molecule has 0 bridgehead atoms. The monoisotopic (exact) mass is 350 g/mol. The van der Waals surface area contributed by atoms with Gasteiger partial charge in [0.15, 0.2) is 5.78 Å². The Morgan fingerprint density at radius 1 is 0.818 bits per heavy atom. The van der Waals surface area contributed by atoms with Gasteiger partial charge in [-0.3, -0.25) is 4.79 Å². The van der Waals surface area contributed by atoms with Gasteiger partial charge in [0.1, 0.15) is 13.5 Å². The lowest BCUT2D eigenvalue weighted by Gasteiger charge is -2.37. The van der Waals surface area contributed by atoms with Gasteiger partial charge in [0.05, 0.1) is 6.42 Å². The predicted octanol–water partition coefficient (Wildman–Crippen LogP) is 4.69. The highest BCUT2D eigenvalue weighted by Gasteiger charge is 2.71. The number of Topliss-reactive ketones (excluding diaryl/α,β-unsaturated/α-hetero) is 1. The van der Waals surface area contributed by atoms with Gasteiger partial charge in [-0.25, -0.2) is 0 Å². The molecule has 0 saturated carbocycles. The van der Waals surface area contributed by atoms with Crippen LogP contribution in [0.25, 0.3) is 0 Å². The fourth-order valence-electron chi connectivity index (χ4n) is 1.44. The van der Waals surface area contributed by atoms with Crippen LogP contribution in [0.3, 0.4) is 0 Å². The number of rotatable bonds is 4. The van der Waals surface area contributed by atoms with Crippen LogP contribution in [-0.4, -0.2) is 31.6 Å². The summed E-state index contributed by atoms with van der Waals surface area (Å²) >= 11 is 0. The molecule has 0 radical (unpaired) electrons. The molecule has 0 rings (SSSR count). The van der Waals surface area contributed by atoms with Gasteiger partial charge in [0.2, 0.25) is 5.41 Å². The molecular weight excluding hydrogens is 330 g/mol. The number of alkyl halides is 6. The van der Waals surface area contributed by atoms with E-state index in [0.29, 0.717) is 0 Å². The zero-order valence-electron chi connectivity index (χ0n) is 13.3. The first-order chi connectivity index (χ1) is 9.30. The Hall–Kier alpha value is -0.863. The number of halogens is 6. The smallest absolute Gasteiger partial charge is 0.305 e. The summed E-state index contributed by atoms with van der Waals surface area (Å²) < 4.78 is 76.7. The molecule has 0 unspecified atom stereocenters.